The van der Waals surface area contributed by atoms with Gasteiger partial charge >= 0.3 is 17.9 Å². The van der Waals surface area contributed by atoms with Gasteiger partial charge in [-0.1, -0.05) is 18.2 Å². The van der Waals surface area contributed by atoms with Crippen LogP contribution < -0.4 is 4.74 Å². The topological polar surface area (TPSA) is 99.1 Å². The van der Waals surface area contributed by atoms with Gasteiger partial charge in [0.25, 0.3) is 0 Å². The van der Waals surface area contributed by atoms with E-state index in [1.54, 1.807) is 37.3 Å². The van der Waals surface area contributed by atoms with E-state index in [1.165, 1.54) is 0 Å². The van der Waals surface area contributed by atoms with Crippen LogP contribution in [0.25, 0.3) is 0 Å². The summed E-state index contributed by atoms with van der Waals surface area (Å²) < 4.78 is 14.3. The van der Waals surface area contributed by atoms with E-state index in [-0.39, 0.29) is 19.6 Å². The lowest BCUT2D eigenvalue weighted by Gasteiger charge is -2.10. The fourth-order valence-electron chi connectivity index (χ4n) is 1.44. The summed E-state index contributed by atoms with van der Waals surface area (Å²) in [4.78, 5) is 33.8. The van der Waals surface area contributed by atoms with Crippen molar-refractivity contribution in [2.45, 2.75) is 19.4 Å². The molecule has 7 heteroatoms. The number of ether oxygens (including phenoxy) is 3. The van der Waals surface area contributed by atoms with Crippen LogP contribution in [0.2, 0.25) is 0 Å². The standard InChI is InChI=1S/C16H18O7/c1-2-21-14(18)8-9-15(19)22-11-10-13(17)16(20)23-12-6-4-3-5-7-12/h3-9,13,17H,2,10-11H2,1H3/b9-8+. The van der Waals surface area contributed by atoms with Gasteiger partial charge in [0.05, 0.1) is 13.2 Å². The molecule has 0 aliphatic heterocycles. The van der Waals surface area contributed by atoms with Gasteiger partial charge < -0.3 is 19.3 Å². The van der Waals surface area contributed by atoms with Crippen molar-refractivity contribution >= 4 is 17.9 Å². The predicted octanol–water partition coefficient (Wildman–Crippen LogP) is 1.01. The van der Waals surface area contributed by atoms with Crippen molar-refractivity contribution in [3.63, 3.8) is 0 Å². The Labute approximate surface area is 133 Å². The number of benzene rings is 1. The zero-order chi connectivity index (χ0) is 17.1. The summed E-state index contributed by atoms with van der Waals surface area (Å²) in [5.41, 5.74) is 0. The minimum absolute atomic E-state index is 0.120. The maximum Gasteiger partial charge on any atom is 0.340 e. The van der Waals surface area contributed by atoms with Gasteiger partial charge in [-0.3, -0.25) is 0 Å². The maximum atomic E-state index is 11.6. The van der Waals surface area contributed by atoms with E-state index in [1.807, 2.05) is 0 Å². The van der Waals surface area contributed by atoms with Gasteiger partial charge in [0, 0.05) is 18.6 Å². The second-order valence-electron chi connectivity index (χ2n) is 4.29. The molecule has 0 radical (unpaired) electrons. The second kappa shape index (κ2) is 10.1. The maximum absolute atomic E-state index is 11.6. The van der Waals surface area contributed by atoms with Crippen molar-refractivity contribution < 1.29 is 33.7 Å². The van der Waals surface area contributed by atoms with E-state index in [2.05, 4.69) is 4.74 Å². The highest BCUT2D eigenvalue weighted by Gasteiger charge is 2.17. The van der Waals surface area contributed by atoms with Crippen LogP contribution in [0.4, 0.5) is 0 Å². The summed E-state index contributed by atoms with van der Waals surface area (Å²) in [5, 5.41) is 9.62. The molecular formula is C16H18O7. The minimum atomic E-state index is -1.42. The number of hydrogen-bond acceptors (Lipinski definition) is 7. The summed E-state index contributed by atoms with van der Waals surface area (Å²) in [7, 11) is 0. The first-order valence-electron chi connectivity index (χ1n) is 6.99. The first-order chi connectivity index (χ1) is 11.0. The van der Waals surface area contributed by atoms with Gasteiger partial charge in [-0.05, 0) is 19.1 Å². The van der Waals surface area contributed by atoms with Crippen LogP contribution in [0.3, 0.4) is 0 Å². The molecule has 0 amide bonds. The smallest absolute Gasteiger partial charge is 0.340 e. The number of hydrogen-bond donors (Lipinski definition) is 1. The highest BCUT2D eigenvalue weighted by atomic mass is 16.6. The number of esters is 3. The van der Waals surface area contributed by atoms with Crippen molar-refractivity contribution in [2.24, 2.45) is 0 Å². The summed E-state index contributed by atoms with van der Waals surface area (Å²) in [6.07, 6.45) is 0.306. The number of para-hydroxylation sites is 1. The van der Waals surface area contributed by atoms with Crippen LogP contribution >= 0.6 is 0 Å². The third-order valence-corrected chi connectivity index (χ3v) is 2.51. The average Bonchev–Trinajstić information content (AvgIpc) is 2.54. The van der Waals surface area contributed by atoms with Gasteiger partial charge in [-0.15, -0.1) is 0 Å². The van der Waals surface area contributed by atoms with Gasteiger partial charge in [-0.2, -0.15) is 0 Å². The minimum Gasteiger partial charge on any atom is -0.463 e. The zero-order valence-corrected chi connectivity index (χ0v) is 12.6. The first-order valence-corrected chi connectivity index (χ1v) is 6.99. The number of carbonyl (C=O) groups is 3. The molecule has 1 atom stereocenters. The van der Waals surface area contributed by atoms with E-state index < -0.39 is 24.0 Å². The average molecular weight is 322 g/mol. The summed E-state index contributed by atoms with van der Waals surface area (Å²) in [5.74, 6) is -1.96. The second-order valence-corrected chi connectivity index (χ2v) is 4.29. The molecule has 1 unspecified atom stereocenters. The molecule has 1 N–H and O–H groups in total. The van der Waals surface area contributed by atoms with Gasteiger partial charge in [-0.25, -0.2) is 14.4 Å². The van der Waals surface area contributed by atoms with Crippen molar-refractivity contribution in [3.8, 4) is 5.75 Å². The highest BCUT2D eigenvalue weighted by Crippen LogP contribution is 2.10. The molecule has 0 bridgehead atoms. The van der Waals surface area contributed by atoms with Crippen LogP contribution in [0, 0.1) is 0 Å². The van der Waals surface area contributed by atoms with Gasteiger partial charge in [0.15, 0.2) is 6.10 Å². The number of carbonyl (C=O) groups excluding carboxylic acids is 3. The Kier molecular flexibility index (Phi) is 8.09. The Bertz CT molecular complexity index is 551. The number of aliphatic hydroxyl groups is 1. The molecule has 0 aliphatic carbocycles. The van der Waals surface area contributed by atoms with Crippen LogP contribution in [0.15, 0.2) is 42.5 Å². The fourth-order valence-corrected chi connectivity index (χ4v) is 1.44. The first kappa shape index (κ1) is 18.4. The molecule has 0 saturated carbocycles. The molecule has 1 aromatic carbocycles. The Balaban J connectivity index is 2.27. The summed E-state index contributed by atoms with van der Waals surface area (Å²) >= 11 is 0. The Morgan fingerprint density at radius 3 is 2.30 bits per heavy atom. The number of rotatable bonds is 8. The van der Waals surface area contributed by atoms with Gasteiger partial charge in [0.1, 0.15) is 5.75 Å². The van der Waals surface area contributed by atoms with E-state index in [0.29, 0.717) is 5.75 Å². The Morgan fingerprint density at radius 1 is 1.09 bits per heavy atom. The molecule has 124 valence electrons. The van der Waals surface area contributed by atoms with Crippen LogP contribution in [0.1, 0.15) is 13.3 Å². The largest absolute Gasteiger partial charge is 0.463 e. The molecule has 0 heterocycles. The quantitative estimate of drug-likeness (QED) is 0.433. The van der Waals surface area contributed by atoms with Crippen molar-refractivity contribution in [2.75, 3.05) is 13.2 Å². The van der Waals surface area contributed by atoms with Crippen molar-refractivity contribution in [3.05, 3.63) is 42.5 Å². The molecule has 0 saturated heterocycles. The van der Waals surface area contributed by atoms with E-state index in [9.17, 15) is 19.5 Å². The van der Waals surface area contributed by atoms with E-state index in [4.69, 9.17) is 9.47 Å². The normalized spacial score (nSPS) is 11.7. The van der Waals surface area contributed by atoms with Crippen molar-refractivity contribution in [1.82, 2.24) is 0 Å². The van der Waals surface area contributed by atoms with Crippen LogP contribution in [-0.2, 0) is 23.9 Å². The van der Waals surface area contributed by atoms with Crippen LogP contribution in [0.5, 0.6) is 5.75 Å². The fraction of sp³-hybridized carbons (Fsp3) is 0.312. The predicted molar refractivity (Wildman–Crippen MR) is 79.4 cm³/mol. The molecule has 23 heavy (non-hydrogen) atoms. The Hall–Kier alpha value is -2.67. The lowest BCUT2D eigenvalue weighted by molar-refractivity contribution is -0.147. The van der Waals surface area contributed by atoms with Crippen molar-refractivity contribution in [1.29, 1.82) is 0 Å². The summed E-state index contributed by atoms with van der Waals surface area (Å²) in [6.45, 7) is 1.64. The lowest BCUT2D eigenvalue weighted by atomic mass is 10.2. The highest BCUT2D eigenvalue weighted by molar-refractivity contribution is 5.91. The molecule has 0 aliphatic rings. The lowest BCUT2D eigenvalue weighted by Crippen LogP contribution is -2.27. The number of aliphatic hydroxyl groups excluding tert-OH is 1. The third kappa shape index (κ3) is 7.77. The van der Waals surface area contributed by atoms with Gasteiger partial charge in [0.2, 0.25) is 0 Å². The van der Waals surface area contributed by atoms with E-state index in [0.717, 1.165) is 12.2 Å². The van der Waals surface area contributed by atoms with E-state index >= 15 is 0 Å². The third-order valence-electron chi connectivity index (χ3n) is 2.51. The summed E-state index contributed by atoms with van der Waals surface area (Å²) in [6, 6.07) is 8.28. The SMILES string of the molecule is CCOC(=O)/C=C/C(=O)OCCC(O)C(=O)Oc1ccccc1. The zero-order valence-electron chi connectivity index (χ0n) is 12.6. The monoisotopic (exact) mass is 322 g/mol. The molecule has 0 fully saturated rings. The molecule has 7 nitrogen and oxygen atoms in total. The molecular weight excluding hydrogens is 304 g/mol. The molecule has 0 aromatic heterocycles. The molecule has 0 spiro atoms. The molecule has 1 aromatic rings. The Morgan fingerprint density at radius 2 is 1.70 bits per heavy atom. The molecule has 1 rings (SSSR count). The van der Waals surface area contributed by atoms with Crippen LogP contribution in [-0.4, -0.2) is 42.3 Å².